The molecule has 1 unspecified atom stereocenters. The molecule has 1 amide bonds. The number of carbonyl (C=O) groups excluding carboxylic acids is 1. The molecule has 2 aromatic rings. The summed E-state index contributed by atoms with van der Waals surface area (Å²) in [7, 11) is 0. The maximum atomic E-state index is 11.8. The molecular weight excluding hydrogens is 258 g/mol. The molecule has 102 valence electrons. The van der Waals surface area contributed by atoms with Crippen molar-refractivity contribution >= 4 is 5.91 Å². The summed E-state index contributed by atoms with van der Waals surface area (Å²) in [5, 5.41) is 0. The van der Waals surface area contributed by atoms with E-state index in [0.29, 0.717) is 22.6 Å². The number of nitrogens with two attached hydrogens (primary N) is 1. The van der Waals surface area contributed by atoms with Gasteiger partial charge in [0.15, 0.2) is 0 Å². The van der Waals surface area contributed by atoms with E-state index in [0.717, 1.165) is 5.56 Å². The van der Waals surface area contributed by atoms with Crippen molar-refractivity contribution in [1.82, 2.24) is 0 Å². The molecule has 3 rings (SSSR count). The largest absolute Gasteiger partial charge is 0.485 e. The zero-order valence-corrected chi connectivity index (χ0v) is 11.1. The second-order valence-corrected chi connectivity index (χ2v) is 4.86. The van der Waals surface area contributed by atoms with Crippen molar-refractivity contribution in [3.05, 3.63) is 51.4 Å². The van der Waals surface area contributed by atoms with Gasteiger partial charge in [0.1, 0.15) is 23.2 Å². The number of rotatable bonds is 1. The van der Waals surface area contributed by atoms with Crippen molar-refractivity contribution in [2.45, 2.75) is 20.0 Å². The van der Waals surface area contributed by atoms with Crippen molar-refractivity contribution in [3.8, 4) is 17.1 Å². The van der Waals surface area contributed by atoms with Crippen LogP contribution < -0.4 is 16.1 Å². The van der Waals surface area contributed by atoms with Crippen LogP contribution >= 0.6 is 0 Å². The first-order valence-corrected chi connectivity index (χ1v) is 6.23. The molecule has 0 saturated carbocycles. The van der Waals surface area contributed by atoms with Crippen LogP contribution in [-0.4, -0.2) is 5.91 Å². The molecule has 1 aromatic carbocycles. The molecule has 0 fully saturated rings. The zero-order chi connectivity index (χ0) is 14.4. The summed E-state index contributed by atoms with van der Waals surface area (Å²) in [6, 6.07) is 7.10. The predicted octanol–water partition coefficient (Wildman–Crippen LogP) is 2.17. The van der Waals surface area contributed by atoms with E-state index < -0.39 is 11.5 Å². The minimum absolute atomic E-state index is 0.157. The number of ether oxygens (including phenoxy) is 1. The Kier molecular flexibility index (Phi) is 2.64. The van der Waals surface area contributed by atoms with Gasteiger partial charge in [0.25, 0.3) is 5.91 Å². The van der Waals surface area contributed by atoms with Crippen LogP contribution in [0.15, 0.2) is 33.5 Å². The molecule has 1 atom stereocenters. The summed E-state index contributed by atoms with van der Waals surface area (Å²) in [6.07, 6.45) is -0.317. The van der Waals surface area contributed by atoms with E-state index in [4.69, 9.17) is 14.9 Å². The average Bonchev–Trinajstić information content (AvgIpc) is 2.39. The number of amides is 1. The summed E-state index contributed by atoms with van der Waals surface area (Å²) in [6.45, 7) is 3.76. The van der Waals surface area contributed by atoms with Gasteiger partial charge in [-0.05, 0) is 32.0 Å². The minimum atomic E-state index is -0.802. The highest BCUT2D eigenvalue weighted by molar-refractivity contribution is 5.93. The number of hydrogen-bond acceptors (Lipinski definition) is 4. The van der Waals surface area contributed by atoms with Crippen LogP contribution in [0.3, 0.4) is 0 Å². The SMILES string of the molecule is Cc1ccc2c(c1)-c1oc(=O)c(C(N)=O)cc1C(C)O2. The summed E-state index contributed by atoms with van der Waals surface area (Å²) in [5.41, 5.74) is 6.68. The van der Waals surface area contributed by atoms with Crippen molar-refractivity contribution in [2.75, 3.05) is 0 Å². The Bertz CT molecular complexity index is 776. The zero-order valence-electron chi connectivity index (χ0n) is 11.1. The third-order valence-corrected chi connectivity index (χ3v) is 3.36. The van der Waals surface area contributed by atoms with Gasteiger partial charge in [0, 0.05) is 5.56 Å². The fraction of sp³-hybridized carbons (Fsp3) is 0.200. The Morgan fingerprint density at radius 2 is 2.05 bits per heavy atom. The molecule has 1 aliphatic heterocycles. The average molecular weight is 271 g/mol. The first-order valence-electron chi connectivity index (χ1n) is 6.23. The Balaban J connectivity index is 2.32. The van der Waals surface area contributed by atoms with Gasteiger partial charge in [0.2, 0.25) is 0 Å². The molecule has 0 radical (unpaired) electrons. The quantitative estimate of drug-likeness (QED) is 0.861. The Hall–Kier alpha value is -2.56. The highest BCUT2D eigenvalue weighted by Crippen LogP contribution is 2.42. The number of primary amides is 1. The van der Waals surface area contributed by atoms with E-state index in [-0.39, 0.29) is 11.7 Å². The Labute approximate surface area is 115 Å². The van der Waals surface area contributed by atoms with Crippen LogP contribution in [0.4, 0.5) is 0 Å². The maximum Gasteiger partial charge on any atom is 0.349 e. The van der Waals surface area contributed by atoms with Crippen LogP contribution in [0.1, 0.15) is 34.5 Å². The second kappa shape index (κ2) is 4.23. The number of fused-ring (bicyclic) bond motifs is 3. The van der Waals surface area contributed by atoms with Crippen LogP contribution in [0.5, 0.6) is 5.75 Å². The summed E-state index contributed by atoms with van der Waals surface area (Å²) >= 11 is 0. The lowest BCUT2D eigenvalue weighted by atomic mass is 9.97. The summed E-state index contributed by atoms with van der Waals surface area (Å²) in [4.78, 5) is 23.1. The van der Waals surface area contributed by atoms with Gasteiger partial charge in [-0.15, -0.1) is 0 Å². The van der Waals surface area contributed by atoms with Gasteiger partial charge in [-0.3, -0.25) is 4.79 Å². The summed E-state index contributed by atoms with van der Waals surface area (Å²) in [5.74, 6) is 0.298. The molecule has 0 spiro atoms. The molecule has 5 nitrogen and oxygen atoms in total. The van der Waals surface area contributed by atoms with Gasteiger partial charge in [-0.2, -0.15) is 0 Å². The molecule has 1 aromatic heterocycles. The third kappa shape index (κ3) is 1.79. The van der Waals surface area contributed by atoms with Crippen molar-refractivity contribution in [2.24, 2.45) is 5.73 Å². The van der Waals surface area contributed by atoms with Crippen molar-refractivity contribution < 1.29 is 13.9 Å². The van der Waals surface area contributed by atoms with Gasteiger partial charge in [0.05, 0.1) is 5.56 Å². The fourth-order valence-electron chi connectivity index (χ4n) is 2.35. The highest BCUT2D eigenvalue weighted by Gasteiger charge is 2.27. The standard InChI is InChI=1S/C15H13NO4/c1-7-3-4-12-10(5-7)13-9(8(2)19-12)6-11(14(16)17)15(18)20-13/h3-6,8H,1-2H3,(H2,16,17). The fourth-order valence-corrected chi connectivity index (χ4v) is 2.35. The van der Waals surface area contributed by atoms with Gasteiger partial charge >= 0.3 is 5.63 Å². The van der Waals surface area contributed by atoms with E-state index >= 15 is 0 Å². The number of hydrogen-bond donors (Lipinski definition) is 1. The molecule has 0 aliphatic carbocycles. The molecule has 5 heteroatoms. The normalized spacial score (nSPS) is 16.0. The third-order valence-electron chi connectivity index (χ3n) is 3.36. The molecular formula is C15H13NO4. The highest BCUT2D eigenvalue weighted by atomic mass is 16.5. The summed E-state index contributed by atoms with van der Waals surface area (Å²) < 4.78 is 11.1. The lowest BCUT2D eigenvalue weighted by Crippen LogP contribution is -2.23. The first kappa shape index (κ1) is 12.5. The van der Waals surface area contributed by atoms with E-state index in [1.54, 1.807) is 0 Å². The Morgan fingerprint density at radius 3 is 2.75 bits per heavy atom. The van der Waals surface area contributed by atoms with Gasteiger partial charge in [-0.1, -0.05) is 11.6 Å². The maximum absolute atomic E-state index is 11.8. The Morgan fingerprint density at radius 1 is 1.30 bits per heavy atom. The molecule has 1 aliphatic rings. The molecule has 0 bridgehead atoms. The van der Waals surface area contributed by atoms with Gasteiger partial charge < -0.3 is 14.9 Å². The van der Waals surface area contributed by atoms with Crippen molar-refractivity contribution in [1.29, 1.82) is 0 Å². The topological polar surface area (TPSA) is 82.5 Å². The van der Waals surface area contributed by atoms with Crippen LogP contribution in [0, 0.1) is 6.92 Å². The predicted molar refractivity (Wildman–Crippen MR) is 72.7 cm³/mol. The van der Waals surface area contributed by atoms with E-state index in [1.807, 2.05) is 32.0 Å². The van der Waals surface area contributed by atoms with Gasteiger partial charge in [-0.25, -0.2) is 4.79 Å². The number of benzene rings is 1. The van der Waals surface area contributed by atoms with Crippen LogP contribution in [0.2, 0.25) is 0 Å². The number of aryl methyl sites for hydroxylation is 1. The molecule has 2 N–H and O–H groups in total. The van der Waals surface area contributed by atoms with Crippen LogP contribution in [0.25, 0.3) is 11.3 Å². The molecule has 0 saturated heterocycles. The smallest absolute Gasteiger partial charge is 0.349 e. The monoisotopic (exact) mass is 271 g/mol. The van der Waals surface area contributed by atoms with E-state index in [1.165, 1.54) is 6.07 Å². The lowest BCUT2D eigenvalue weighted by molar-refractivity contribution is 0.0996. The second-order valence-electron chi connectivity index (χ2n) is 4.86. The lowest BCUT2D eigenvalue weighted by Gasteiger charge is -2.25. The van der Waals surface area contributed by atoms with E-state index in [9.17, 15) is 9.59 Å². The first-order chi connectivity index (χ1) is 9.47. The van der Waals surface area contributed by atoms with E-state index in [2.05, 4.69) is 0 Å². The molecule has 2 heterocycles. The van der Waals surface area contributed by atoms with Crippen LogP contribution in [-0.2, 0) is 0 Å². The number of carbonyl (C=O) groups is 1. The van der Waals surface area contributed by atoms with Crippen molar-refractivity contribution in [3.63, 3.8) is 0 Å². The molecule has 20 heavy (non-hydrogen) atoms. The minimum Gasteiger partial charge on any atom is -0.485 e.